The summed E-state index contributed by atoms with van der Waals surface area (Å²) in [6.07, 6.45) is 0. The van der Waals surface area contributed by atoms with Crippen LogP contribution >= 0.6 is 0 Å². The summed E-state index contributed by atoms with van der Waals surface area (Å²) >= 11 is 0. The number of nitrogens with one attached hydrogen (secondary N) is 1. The second-order valence-corrected chi connectivity index (χ2v) is 3.40. The SMILES string of the molecule is CNc1nc(-c2ccc(OC)cc2)c(C)o1. The first-order valence-electron chi connectivity index (χ1n) is 5.04. The lowest BCUT2D eigenvalue weighted by Gasteiger charge is -2.00. The summed E-state index contributed by atoms with van der Waals surface area (Å²) in [5.41, 5.74) is 1.87. The Balaban J connectivity index is 2.38. The van der Waals surface area contributed by atoms with Gasteiger partial charge in [0, 0.05) is 12.6 Å². The third-order valence-corrected chi connectivity index (χ3v) is 2.37. The highest BCUT2D eigenvalue weighted by molar-refractivity contribution is 5.63. The van der Waals surface area contributed by atoms with E-state index >= 15 is 0 Å². The van der Waals surface area contributed by atoms with Crippen LogP contribution in [0.15, 0.2) is 28.7 Å². The van der Waals surface area contributed by atoms with Gasteiger partial charge in [0.25, 0.3) is 6.01 Å². The lowest BCUT2D eigenvalue weighted by atomic mass is 10.1. The molecule has 0 amide bonds. The van der Waals surface area contributed by atoms with Crippen molar-refractivity contribution >= 4 is 6.01 Å². The van der Waals surface area contributed by atoms with E-state index in [1.165, 1.54) is 0 Å². The van der Waals surface area contributed by atoms with E-state index in [0.717, 1.165) is 22.8 Å². The molecule has 2 aromatic rings. The van der Waals surface area contributed by atoms with E-state index in [2.05, 4.69) is 10.3 Å². The van der Waals surface area contributed by atoms with E-state index in [-0.39, 0.29) is 0 Å². The first kappa shape index (κ1) is 10.5. The maximum Gasteiger partial charge on any atom is 0.295 e. The number of oxazole rings is 1. The van der Waals surface area contributed by atoms with E-state index in [1.54, 1.807) is 14.2 Å². The van der Waals surface area contributed by atoms with Gasteiger partial charge in [-0.25, -0.2) is 0 Å². The summed E-state index contributed by atoms with van der Waals surface area (Å²) in [7, 11) is 3.43. The Morgan fingerprint density at radius 3 is 2.44 bits per heavy atom. The van der Waals surface area contributed by atoms with Gasteiger partial charge in [-0.15, -0.1) is 0 Å². The van der Waals surface area contributed by atoms with Gasteiger partial charge < -0.3 is 14.5 Å². The highest BCUT2D eigenvalue weighted by Crippen LogP contribution is 2.26. The van der Waals surface area contributed by atoms with Crippen molar-refractivity contribution in [2.24, 2.45) is 0 Å². The quantitative estimate of drug-likeness (QED) is 0.860. The maximum atomic E-state index is 5.42. The molecule has 0 aliphatic heterocycles. The highest BCUT2D eigenvalue weighted by atomic mass is 16.5. The lowest BCUT2D eigenvalue weighted by Crippen LogP contribution is -1.87. The summed E-state index contributed by atoms with van der Waals surface area (Å²) in [6.45, 7) is 1.90. The van der Waals surface area contributed by atoms with Crippen LogP contribution in [0.5, 0.6) is 5.75 Å². The molecular weight excluding hydrogens is 204 g/mol. The molecule has 1 heterocycles. The van der Waals surface area contributed by atoms with E-state index in [1.807, 2.05) is 31.2 Å². The molecule has 0 aliphatic rings. The van der Waals surface area contributed by atoms with Crippen molar-refractivity contribution in [1.82, 2.24) is 4.98 Å². The number of ether oxygens (including phenoxy) is 1. The molecule has 0 saturated heterocycles. The van der Waals surface area contributed by atoms with E-state index in [0.29, 0.717) is 6.01 Å². The van der Waals surface area contributed by atoms with Crippen LogP contribution < -0.4 is 10.1 Å². The molecule has 16 heavy (non-hydrogen) atoms. The fraction of sp³-hybridized carbons (Fsp3) is 0.250. The zero-order valence-electron chi connectivity index (χ0n) is 9.57. The van der Waals surface area contributed by atoms with Crippen LogP contribution in [0, 0.1) is 6.92 Å². The lowest BCUT2D eigenvalue weighted by molar-refractivity contribution is 0.415. The molecule has 1 aromatic carbocycles. The topological polar surface area (TPSA) is 47.3 Å². The van der Waals surface area contributed by atoms with Gasteiger partial charge in [0.2, 0.25) is 0 Å². The van der Waals surface area contributed by atoms with Crippen LogP contribution in [0.1, 0.15) is 5.76 Å². The first-order chi connectivity index (χ1) is 7.74. The number of methoxy groups -OCH3 is 1. The Kier molecular flexibility index (Phi) is 2.81. The maximum absolute atomic E-state index is 5.42. The van der Waals surface area contributed by atoms with Crippen LogP contribution in [0.4, 0.5) is 6.01 Å². The number of nitrogens with zero attached hydrogens (tertiary/aromatic N) is 1. The van der Waals surface area contributed by atoms with E-state index in [4.69, 9.17) is 9.15 Å². The van der Waals surface area contributed by atoms with Gasteiger partial charge in [0.05, 0.1) is 7.11 Å². The molecule has 2 rings (SSSR count). The molecule has 0 saturated carbocycles. The largest absolute Gasteiger partial charge is 0.497 e. The fourth-order valence-corrected chi connectivity index (χ4v) is 1.52. The van der Waals surface area contributed by atoms with Gasteiger partial charge in [0.15, 0.2) is 0 Å². The third kappa shape index (κ3) is 1.86. The van der Waals surface area contributed by atoms with Gasteiger partial charge in [-0.1, -0.05) is 0 Å². The molecule has 4 nitrogen and oxygen atoms in total. The van der Waals surface area contributed by atoms with Crippen molar-refractivity contribution < 1.29 is 9.15 Å². The summed E-state index contributed by atoms with van der Waals surface area (Å²) in [4.78, 5) is 4.34. The van der Waals surface area contributed by atoms with Crippen molar-refractivity contribution in [3.8, 4) is 17.0 Å². The predicted molar refractivity (Wildman–Crippen MR) is 62.8 cm³/mol. The summed E-state index contributed by atoms with van der Waals surface area (Å²) in [5.74, 6) is 1.63. The van der Waals surface area contributed by atoms with E-state index < -0.39 is 0 Å². The normalized spacial score (nSPS) is 10.2. The zero-order chi connectivity index (χ0) is 11.5. The molecule has 84 valence electrons. The number of aryl methyl sites for hydroxylation is 1. The number of aromatic nitrogens is 1. The minimum Gasteiger partial charge on any atom is -0.497 e. The molecule has 0 fully saturated rings. The fourth-order valence-electron chi connectivity index (χ4n) is 1.52. The van der Waals surface area contributed by atoms with E-state index in [9.17, 15) is 0 Å². The smallest absolute Gasteiger partial charge is 0.295 e. The van der Waals surface area contributed by atoms with Crippen LogP contribution in [-0.2, 0) is 0 Å². The molecule has 0 atom stereocenters. The Hall–Kier alpha value is -1.97. The molecule has 0 radical (unpaired) electrons. The molecule has 0 unspecified atom stereocenters. The van der Waals surface area contributed by atoms with Gasteiger partial charge in [-0.2, -0.15) is 4.98 Å². The minimum atomic E-state index is 0.531. The second-order valence-electron chi connectivity index (χ2n) is 3.40. The summed E-state index contributed by atoms with van der Waals surface area (Å²) < 4.78 is 10.5. The van der Waals surface area contributed by atoms with Gasteiger partial charge in [-0.05, 0) is 31.2 Å². The number of anilines is 1. The van der Waals surface area contributed by atoms with Crippen LogP contribution in [0.3, 0.4) is 0 Å². The Labute approximate surface area is 94.3 Å². The van der Waals surface area contributed by atoms with Crippen molar-refractivity contribution in [3.05, 3.63) is 30.0 Å². The Morgan fingerprint density at radius 2 is 1.94 bits per heavy atom. The first-order valence-corrected chi connectivity index (χ1v) is 5.04. The average molecular weight is 218 g/mol. The molecule has 4 heteroatoms. The molecule has 1 N–H and O–H groups in total. The molecule has 1 aromatic heterocycles. The summed E-state index contributed by atoms with van der Waals surface area (Å²) in [5, 5.41) is 2.88. The van der Waals surface area contributed by atoms with Crippen molar-refractivity contribution in [1.29, 1.82) is 0 Å². The van der Waals surface area contributed by atoms with Gasteiger partial charge in [-0.3, -0.25) is 0 Å². The number of hydrogen-bond acceptors (Lipinski definition) is 4. The Bertz CT molecular complexity index is 474. The minimum absolute atomic E-state index is 0.531. The monoisotopic (exact) mass is 218 g/mol. The third-order valence-electron chi connectivity index (χ3n) is 2.37. The van der Waals surface area contributed by atoms with Crippen LogP contribution in [0.25, 0.3) is 11.3 Å². The van der Waals surface area contributed by atoms with Gasteiger partial charge >= 0.3 is 0 Å². The van der Waals surface area contributed by atoms with Gasteiger partial charge in [0.1, 0.15) is 17.2 Å². The highest BCUT2D eigenvalue weighted by Gasteiger charge is 2.10. The summed E-state index contributed by atoms with van der Waals surface area (Å²) in [6, 6.07) is 8.26. The molecule has 0 spiro atoms. The second kappa shape index (κ2) is 4.26. The Morgan fingerprint density at radius 1 is 1.25 bits per heavy atom. The standard InChI is InChI=1S/C12H14N2O2/c1-8-11(14-12(13-2)16-8)9-4-6-10(15-3)7-5-9/h4-7H,1-3H3,(H,13,14). The molecular formula is C12H14N2O2. The molecule has 0 aliphatic carbocycles. The number of benzene rings is 1. The van der Waals surface area contributed by atoms with Crippen molar-refractivity contribution in [2.45, 2.75) is 6.92 Å². The average Bonchev–Trinajstić information content (AvgIpc) is 2.71. The predicted octanol–water partition coefficient (Wildman–Crippen LogP) is 2.70. The molecule has 0 bridgehead atoms. The number of rotatable bonds is 3. The zero-order valence-corrected chi connectivity index (χ0v) is 9.57. The number of hydrogen-bond donors (Lipinski definition) is 1. The van der Waals surface area contributed by atoms with Crippen molar-refractivity contribution in [2.75, 3.05) is 19.5 Å². The van der Waals surface area contributed by atoms with Crippen LogP contribution in [0.2, 0.25) is 0 Å². The van der Waals surface area contributed by atoms with Crippen LogP contribution in [-0.4, -0.2) is 19.1 Å². The van der Waals surface area contributed by atoms with Crippen molar-refractivity contribution in [3.63, 3.8) is 0 Å².